The van der Waals surface area contributed by atoms with Crippen LogP contribution in [0.2, 0.25) is 0 Å². The highest BCUT2D eigenvalue weighted by molar-refractivity contribution is 5.36. The molecule has 3 rings (SSSR count). The molecule has 1 saturated heterocycles. The summed E-state index contributed by atoms with van der Waals surface area (Å²) in [5.74, 6) is 0.614. The molecule has 2 aliphatic rings. The standard InChI is InChI=1S/C12H14FN/c13-10-3-4-11-9(7-10)6-8-2-1-5-14-12(8)11/h3-4,7-8,12,14H,1-2,5-6H2. The van der Waals surface area contributed by atoms with E-state index in [4.69, 9.17) is 0 Å². The molecule has 1 aliphatic heterocycles. The Balaban J connectivity index is 2.01. The lowest BCUT2D eigenvalue weighted by Crippen LogP contribution is -2.31. The highest BCUT2D eigenvalue weighted by Crippen LogP contribution is 2.40. The van der Waals surface area contributed by atoms with Gasteiger partial charge < -0.3 is 5.32 Å². The number of nitrogens with one attached hydrogen (secondary N) is 1. The van der Waals surface area contributed by atoms with E-state index in [0.717, 1.165) is 13.0 Å². The molecule has 0 bridgehead atoms. The minimum absolute atomic E-state index is 0.0950. The monoisotopic (exact) mass is 191 g/mol. The van der Waals surface area contributed by atoms with Crippen LogP contribution in [0.4, 0.5) is 4.39 Å². The number of hydrogen-bond donors (Lipinski definition) is 1. The van der Waals surface area contributed by atoms with Crippen LogP contribution in [0.1, 0.15) is 30.0 Å². The molecule has 1 fully saturated rings. The van der Waals surface area contributed by atoms with Gasteiger partial charge in [-0.1, -0.05) is 6.07 Å². The molecule has 2 unspecified atom stereocenters. The average Bonchev–Trinajstić information content (AvgIpc) is 2.54. The van der Waals surface area contributed by atoms with E-state index >= 15 is 0 Å². The van der Waals surface area contributed by atoms with Crippen LogP contribution in [0.25, 0.3) is 0 Å². The van der Waals surface area contributed by atoms with E-state index in [1.807, 2.05) is 6.07 Å². The van der Waals surface area contributed by atoms with Crippen LogP contribution in [-0.2, 0) is 6.42 Å². The lowest BCUT2D eigenvalue weighted by Gasteiger charge is -2.27. The van der Waals surface area contributed by atoms with E-state index in [0.29, 0.717) is 12.0 Å². The summed E-state index contributed by atoms with van der Waals surface area (Å²) in [6.45, 7) is 1.11. The maximum Gasteiger partial charge on any atom is 0.123 e. The predicted molar refractivity (Wildman–Crippen MR) is 53.6 cm³/mol. The normalized spacial score (nSPS) is 29.8. The second-order valence-electron chi connectivity index (χ2n) is 4.38. The van der Waals surface area contributed by atoms with Crippen LogP contribution in [0, 0.1) is 11.7 Å². The Morgan fingerprint density at radius 1 is 1.36 bits per heavy atom. The molecule has 1 nitrogen and oxygen atoms in total. The largest absolute Gasteiger partial charge is 0.310 e. The Morgan fingerprint density at radius 3 is 3.21 bits per heavy atom. The second kappa shape index (κ2) is 3.06. The maximum absolute atomic E-state index is 13.0. The van der Waals surface area contributed by atoms with Gasteiger partial charge in [0, 0.05) is 6.04 Å². The van der Waals surface area contributed by atoms with Crippen molar-refractivity contribution in [3.63, 3.8) is 0 Å². The number of fused-ring (bicyclic) bond motifs is 3. The number of hydrogen-bond acceptors (Lipinski definition) is 1. The van der Waals surface area contributed by atoms with Crippen LogP contribution in [0.3, 0.4) is 0 Å². The van der Waals surface area contributed by atoms with E-state index in [1.54, 1.807) is 12.1 Å². The van der Waals surface area contributed by atoms with Crippen LogP contribution < -0.4 is 5.32 Å². The third-order valence-corrected chi connectivity index (χ3v) is 3.51. The van der Waals surface area contributed by atoms with Crippen molar-refractivity contribution in [2.45, 2.75) is 25.3 Å². The molecule has 1 aliphatic carbocycles. The second-order valence-corrected chi connectivity index (χ2v) is 4.38. The highest BCUT2D eigenvalue weighted by atomic mass is 19.1. The first kappa shape index (κ1) is 8.42. The first-order valence-electron chi connectivity index (χ1n) is 5.36. The van der Waals surface area contributed by atoms with Crippen molar-refractivity contribution in [1.29, 1.82) is 0 Å². The van der Waals surface area contributed by atoms with E-state index in [9.17, 15) is 4.39 Å². The minimum atomic E-state index is -0.0950. The molecule has 1 N–H and O–H groups in total. The fraction of sp³-hybridized carbons (Fsp3) is 0.500. The van der Waals surface area contributed by atoms with Gasteiger partial charge in [-0.15, -0.1) is 0 Å². The average molecular weight is 191 g/mol. The summed E-state index contributed by atoms with van der Waals surface area (Å²) in [7, 11) is 0. The fourth-order valence-electron chi connectivity index (χ4n) is 2.88. The van der Waals surface area contributed by atoms with Gasteiger partial charge in [0.2, 0.25) is 0 Å². The third kappa shape index (κ3) is 1.17. The number of benzene rings is 1. The van der Waals surface area contributed by atoms with Gasteiger partial charge in [0.05, 0.1) is 0 Å². The van der Waals surface area contributed by atoms with Crippen molar-refractivity contribution in [2.75, 3.05) is 6.54 Å². The Hall–Kier alpha value is -0.890. The van der Waals surface area contributed by atoms with Crippen molar-refractivity contribution in [3.8, 4) is 0 Å². The molecular weight excluding hydrogens is 177 g/mol. The van der Waals surface area contributed by atoms with Crippen LogP contribution in [0.5, 0.6) is 0 Å². The quantitative estimate of drug-likeness (QED) is 0.664. The Kier molecular flexibility index (Phi) is 1.84. The zero-order valence-electron chi connectivity index (χ0n) is 8.09. The Bertz CT molecular complexity index is 361. The molecule has 1 aromatic rings. The first-order valence-corrected chi connectivity index (χ1v) is 5.36. The Morgan fingerprint density at radius 2 is 2.29 bits per heavy atom. The number of piperidine rings is 1. The zero-order chi connectivity index (χ0) is 9.54. The molecule has 1 aromatic carbocycles. The van der Waals surface area contributed by atoms with Gasteiger partial charge >= 0.3 is 0 Å². The summed E-state index contributed by atoms with van der Waals surface area (Å²) in [5.41, 5.74) is 2.55. The van der Waals surface area contributed by atoms with E-state index in [-0.39, 0.29) is 5.82 Å². The molecule has 2 heteroatoms. The highest BCUT2D eigenvalue weighted by Gasteiger charge is 2.33. The number of rotatable bonds is 0. The van der Waals surface area contributed by atoms with Crippen LogP contribution >= 0.6 is 0 Å². The summed E-state index contributed by atoms with van der Waals surface area (Å²) in [5, 5.41) is 3.53. The van der Waals surface area contributed by atoms with Gasteiger partial charge in [-0.2, -0.15) is 0 Å². The first-order chi connectivity index (χ1) is 6.84. The molecule has 0 saturated carbocycles. The maximum atomic E-state index is 13.0. The van der Waals surface area contributed by atoms with Gasteiger partial charge in [-0.3, -0.25) is 0 Å². The fourth-order valence-corrected chi connectivity index (χ4v) is 2.88. The van der Waals surface area contributed by atoms with Gasteiger partial charge in [0.25, 0.3) is 0 Å². The zero-order valence-corrected chi connectivity index (χ0v) is 8.09. The molecule has 14 heavy (non-hydrogen) atoms. The summed E-state index contributed by atoms with van der Waals surface area (Å²) in [4.78, 5) is 0. The van der Waals surface area contributed by atoms with E-state index < -0.39 is 0 Å². The van der Waals surface area contributed by atoms with Gasteiger partial charge in [-0.05, 0) is 55.0 Å². The summed E-state index contributed by atoms with van der Waals surface area (Å²) >= 11 is 0. The SMILES string of the molecule is Fc1ccc2c(c1)CC1CCCNC21. The molecule has 0 radical (unpaired) electrons. The molecule has 1 heterocycles. The molecular formula is C12H14FN. The van der Waals surface area contributed by atoms with Crippen molar-refractivity contribution >= 4 is 0 Å². The van der Waals surface area contributed by atoms with E-state index in [2.05, 4.69) is 5.32 Å². The molecule has 0 aromatic heterocycles. The molecule has 0 amide bonds. The summed E-state index contributed by atoms with van der Waals surface area (Å²) in [6, 6.07) is 5.74. The lowest BCUT2D eigenvalue weighted by atomic mass is 9.92. The summed E-state index contributed by atoms with van der Waals surface area (Å²) < 4.78 is 13.0. The van der Waals surface area contributed by atoms with Gasteiger partial charge in [0.1, 0.15) is 5.82 Å². The van der Waals surface area contributed by atoms with Crippen LogP contribution in [-0.4, -0.2) is 6.54 Å². The van der Waals surface area contributed by atoms with Gasteiger partial charge in [0.15, 0.2) is 0 Å². The van der Waals surface area contributed by atoms with Crippen molar-refractivity contribution < 1.29 is 4.39 Å². The van der Waals surface area contributed by atoms with Crippen molar-refractivity contribution in [2.24, 2.45) is 5.92 Å². The third-order valence-electron chi connectivity index (χ3n) is 3.51. The predicted octanol–water partition coefficient (Wildman–Crippen LogP) is 2.42. The smallest absolute Gasteiger partial charge is 0.123 e. The van der Waals surface area contributed by atoms with Gasteiger partial charge in [-0.25, -0.2) is 4.39 Å². The van der Waals surface area contributed by atoms with Crippen molar-refractivity contribution in [3.05, 3.63) is 35.1 Å². The summed E-state index contributed by atoms with van der Waals surface area (Å²) in [6.07, 6.45) is 3.61. The topological polar surface area (TPSA) is 12.0 Å². The van der Waals surface area contributed by atoms with Crippen molar-refractivity contribution in [1.82, 2.24) is 5.32 Å². The van der Waals surface area contributed by atoms with Crippen LogP contribution in [0.15, 0.2) is 18.2 Å². The molecule has 74 valence electrons. The minimum Gasteiger partial charge on any atom is -0.310 e. The lowest BCUT2D eigenvalue weighted by molar-refractivity contribution is 0.307. The Labute approximate surface area is 83.3 Å². The van der Waals surface area contributed by atoms with E-state index in [1.165, 1.54) is 24.0 Å². The molecule has 2 atom stereocenters. The molecule has 0 spiro atoms. The number of halogens is 1.